The average Bonchev–Trinajstić information content (AvgIpc) is 3.10. The van der Waals surface area contributed by atoms with Gasteiger partial charge in [-0.3, -0.25) is 9.20 Å². The molecule has 2 aromatic carbocycles. The van der Waals surface area contributed by atoms with E-state index >= 15 is 0 Å². The number of fused-ring (bicyclic) bond motifs is 1. The predicted molar refractivity (Wildman–Crippen MR) is 117 cm³/mol. The summed E-state index contributed by atoms with van der Waals surface area (Å²) in [6, 6.07) is 20.2. The zero-order valence-electron chi connectivity index (χ0n) is 16.4. The lowest BCUT2D eigenvalue weighted by molar-refractivity contribution is 0.0944. The van der Waals surface area contributed by atoms with Gasteiger partial charge in [0.25, 0.3) is 5.91 Å². The molecule has 1 amide bonds. The minimum absolute atomic E-state index is 0.139. The quantitative estimate of drug-likeness (QED) is 0.481. The summed E-state index contributed by atoms with van der Waals surface area (Å²) >= 11 is 6.06. The SMILES string of the molecule is CCc1nc2cc(Cl)ccn2c1C(=O)NCc1ccc(-c2cccc(C)c2)cc1. The number of nitrogens with one attached hydrogen (secondary N) is 1. The van der Waals surface area contributed by atoms with Gasteiger partial charge in [-0.25, -0.2) is 4.98 Å². The van der Waals surface area contributed by atoms with Crippen molar-refractivity contribution < 1.29 is 4.79 Å². The normalized spacial score (nSPS) is 11.0. The molecule has 29 heavy (non-hydrogen) atoms. The van der Waals surface area contributed by atoms with Gasteiger partial charge in [-0.1, -0.05) is 72.6 Å². The van der Waals surface area contributed by atoms with Crippen molar-refractivity contribution in [1.82, 2.24) is 14.7 Å². The molecule has 4 aromatic rings. The van der Waals surface area contributed by atoms with Gasteiger partial charge in [0, 0.05) is 23.8 Å². The molecule has 4 rings (SSSR count). The van der Waals surface area contributed by atoms with Crippen molar-refractivity contribution >= 4 is 23.2 Å². The van der Waals surface area contributed by atoms with Gasteiger partial charge in [0.15, 0.2) is 0 Å². The van der Waals surface area contributed by atoms with Gasteiger partial charge in [-0.05, 0) is 36.1 Å². The van der Waals surface area contributed by atoms with E-state index in [4.69, 9.17) is 11.6 Å². The maximum absolute atomic E-state index is 12.9. The van der Waals surface area contributed by atoms with E-state index in [0.717, 1.165) is 16.8 Å². The highest BCUT2D eigenvalue weighted by molar-refractivity contribution is 6.30. The number of hydrogen-bond donors (Lipinski definition) is 1. The minimum atomic E-state index is -0.139. The zero-order valence-corrected chi connectivity index (χ0v) is 17.2. The fourth-order valence-corrected chi connectivity index (χ4v) is 3.62. The molecule has 146 valence electrons. The fraction of sp³-hybridized carbons (Fsp3) is 0.167. The zero-order chi connectivity index (χ0) is 20.4. The Morgan fingerprint density at radius 2 is 1.86 bits per heavy atom. The van der Waals surface area contributed by atoms with Gasteiger partial charge in [0.1, 0.15) is 11.3 Å². The summed E-state index contributed by atoms with van der Waals surface area (Å²) in [5.41, 5.74) is 6.65. The molecule has 0 saturated heterocycles. The topological polar surface area (TPSA) is 46.4 Å². The van der Waals surface area contributed by atoms with Crippen molar-refractivity contribution in [3.8, 4) is 11.1 Å². The first kappa shape index (κ1) is 19.2. The van der Waals surface area contributed by atoms with E-state index < -0.39 is 0 Å². The Hall–Kier alpha value is -3.11. The second-order valence-electron chi connectivity index (χ2n) is 7.08. The Balaban J connectivity index is 1.51. The van der Waals surface area contributed by atoms with Crippen LogP contribution < -0.4 is 5.32 Å². The van der Waals surface area contributed by atoms with Crippen LogP contribution in [0.5, 0.6) is 0 Å². The first-order chi connectivity index (χ1) is 14.0. The van der Waals surface area contributed by atoms with Crippen LogP contribution in [0.1, 0.15) is 34.2 Å². The Kier molecular flexibility index (Phi) is 5.36. The number of amides is 1. The van der Waals surface area contributed by atoms with Crippen LogP contribution in [0.3, 0.4) is 0 Å². The van der Waals surface area contributed by atoms with Crippen molar-refractivity contribution in [3.63, 3.8) is 0 Å². The number of aromatic nitrogens is 2. The van der Waals surface area contributed by atoms with E-state index in [1.165, 1.54) is 11.1 Å². The molecule has 0 saturated carbocycles. The minimum Gasteiger partial charge on any atom is -0.347 e. The highest BCUT2D eigenvalue weighted by Gasteiger charge is 2.18. The summed E-state index contributed by atoms with van der Waals surface area (Å²) in [5.74, 6) is -0.139. The Morgan fingerprint density at radius 1 is 1.07 bits per heavy atom. The van der Waals surface area contributed by atoms with E-state index in [1.54, 1.807) is 22.7 Å². The predicted octanol–water partition coefficient (Wildman–Crippen LogP) is 5.46. The summed E-state index contributed by atoms with van der Waals surface area (Å²) in [4.78, 5) is 17.4. The maximum atomic E-state index is 12.9. The number of hydrogen-bond acceptors (Lipinski definition) is 2. The Morgan fingerprint density at radius 3 is 2.59 bits per heavy atom. The number of imidazole rings is 1. The largest absolute Gasteiger partial charge is 0.347 e. The van der Waals surface area contributed by atoms with Crippen molar-refractivity contribution in [2.24, 2.45) is 0 Å². The fourth-order valence-electron chi connectivity index (χ4n) is 3.46. The maximum Gasteiger partial charge on any atom is 0.270 e. The van der Waals surface area contributed by atoms with E-state index in [9.17, 15) is 4.79 Å². The van der Waals surface area contributed by atoms with Gasteiger partial charge in [-0.15, -0.1) is 0 Å². The average molecular weight is 404 g/mol. The molecular formula is C24H22ClN3O. The molecular weight excluding hydrogens is 382 g/mol. The monoisotopic (exact) mass is 403 g/mol. The lowest BCUT2D eigenvalue weighted by atomic mass is 10.0. The molecule has 0 aliphatic heterocycles. The summed E-state index contributed by atoms with van der Waals surface area (Å²) in [5, 5.41) is 3.62. The van der Waals surface area contributed by atoms with Crippen molar-refractivity contribution in [2.45, 2.75) is 26.8 Å². The van der Waals surface area contributed by atoms with Crippen LogP contribution >= 0.6 is 11.6 Å². The number of rotatable bonds is 5. The van der Waals surface area contributed by atoms with Gasteiger partial charge in [0.2, 0.25) is 0 Å². The molecule has 2 heterocycles. The van der Waals surface area contributed by atoms with Crippen LogP contribution in [0.15, 0.2) is 66.9 Å². The first-order valence-corrected chi connectivity index (χ1v) is 10.0. The van der Waals surface area contributed by atoms with Crippen LogP contribution in [-0.2, 0) is 13.0 Å². The van der Waals surface area contributed by atoms with Gasteiger partial charge < -0.3 is 5.32 Å². The Labute approximate surface area is 175 Å². The lowest BCUT2D eigenvalue weighted by Gasteiger charge is -2.08. The highest BCUT2D eigenvalue weighted by atomic mass is 35.5. The summed E-state index contributed by atoms with van der Waals surface area (Å²) in [6.07, 6.45) is 2.46. The number of pyridine rings is 1. The summed E-state index contributed by atoms with van der Waals surface area (Å²) < 4.78 is 1.79. The lowest BCUT2D eigenvalue weighted by Crippen LogP contribution is -2.25. The van der Waals surface area contributed by atoms with E-state index in [-0.39, 0.29) is 5.91 Å². The van der Waals surface area contributed by atoms with Crippen LogP contribution in [0, 0.1) is 6.92 Å². The number of benzene rings is 2. The molecule has 0 radical (unpaired) electrons. The number of nitrogens with zero attached hydrogens (tertiary/aromatic N) is 2. The molecule has 0 aliphatic rings. The molecule has 1 N–H and O–H groups in total. The van der Waals surface area contributed by atoms with Crippen molar-refractivity contribution in [2.75, 3.05) is 0 Å². The van der Waals surface area contributed by atoms with Gasteiger partial charge >= 0.3 is 0 Å². The van der Waals surface area contributed by atoms with E-state index in [0.29, 0.717) is 29.3 Å². The third-order valence-corrected chi connectivity index (χ3v) is 5.20. The van der Waals surface area contributed by atoms with Crippen LogP contribution in [0.2, 0.25) is 5.02 Å². The standard InChI is InChI=1S/C24H22ClN3O/c1-3-21-23(28-12-11-20(25)14-22(28)27-21)24(29)26-15-17-7-9-18(10-8-17)19-6-4-5-16(2)13-19/h4-14H,3,15H2,1-2H3,(H,26,29). The van der Waals surface area contributed by atoms with Gasteiger partial charge in [-0.2, -0.15) is 0 Å². The van der Waals surface area contributed by atoms with Crippen LogP contribution in [0.25, 0.3) is 16.8 Å². The molecule has 4 nitrogen and oxygen atoms in total. The molecule has 5 heteroatoms. The van der Waals surface area contributed by atoms with Crippen molar-refractivity contribution in [3.05, 3.63) is 94.4 Å². The highest BCUT2D eigenvalue weighted by Crippen LogP contribution is 2.21. The van der Waals surface area contributed by atoms with Crippen LogP contribution in [0.4, 0.5) is 0 Å². The molecule has 0 fully saturated rings. The van der Waals surface area contributed by atoms with E-state index in [2.05, 4.69) is 53.6 Å². The number of halogens is 1. The number of carbonyl (C=O) groups excluding carboxylic acids is 1. The molecule has 0 aliphatic carbocycles. The second-order valence-corrected chi connectivity index (χ2v) is 7.52. The molecule has 0 spiro atoms. The molecule has 0 unspecified atom stereocenters. The molecule has 0 atom stereocenters. The van der Waals surface area contributed by atoms with Crippen molar-refractivity contribution in [1.29, 1.82) is 0 Å². The molecule has 2 aromatic heterocycles. The summed E-state index contributed by atoms with van der Waals surface area (Å²) in [6.45, 7) is 4.53. The van der Waals surface area contributed by atoms with E-state index in [1.807, 2.05) is 19.1 Å². The second kappa shape index (κ2) is 8.10. The number of carbonyl (C=O) groups is 1. The molecule has 0 bridgehead atoms. The third-order valence-electron chi connectivity index (χ3n) is 4.97. The number of aryl methyl sites for hydroxylation is 2. The first-order valence-electron chi connectivity index (χ1n) is 9.66. The van der Waals surface area contributed by atoms with Gasteiger partial charge in [0.05, 0.1) is 5.69 Å². The Bertz CT molecular complexity index is 1180. The smallest absolute Gasteiger partial charge is 0.270 e. The summed E-state index contributed by atoms with van der Waals surface area (Å²) in [7, 11) is 0. The van der Waals surface area contributed by atoms with Crippen LogP contribution in [-0.4, -0.2) is 15.3 Å². The third kappa shape index (κ3) is 4.03.